The molecule has 0 aliphatic heterocycles. The summed E-state index contributed by atoms with van der Waals surface area (Å²) in [5.41, 5.74) is 0.692. The molecule has 0 bridgehead atoms. The smallest absolute Gasteiger partial charge is 0.163 e. The molecule has 0 unspecified atom stereocenters. The van der Waals surface area contributed by atoms with Gasteiger partial charge in [0.1, 0.15) is 11.5 Å². The molecule has 0 saturated heterocycles. The molecule has 12 heavy (non-hydrogen) atoms. The van der Waals surface area contributed by atoms with Crippen LogP contribution in [0.25, 0.3) is 0 Å². The van der Waals surface area contributed by atoms with Crippen molar-refractivity contribution in [2.24, 2.45) is 0 Å². The van der Waals surface area contributed by atoms with Gasteiger partial charge in [0.25, 0.3) is 0 Å². The molecule has 0 N–H and O–H groups in total. The molecule has 0 aliphatic carbocycles. The molecule has 1 rings (SSSR count). The number of carbonyl (C=O) groups excluding carboxylic acids is 1. The van der Waals surface area contributed by atoms with E-state index in [9.17, 15) is 4.79 Å². The normalized spacial score (nSPS) is 8.75. The third-order valence-corrected chi connectivity index (χ3v) is 1.42. The molecule has 0 saturated carbocycles. The number of ketones is 1. The number of hydrogen-bond acceptors (Lipinski definition) is 2. The van der Waals surface area contributed by atoms with Crippen LogP contribution in [0.1, 0.15) is 42.6 Å². The summed E-state index contributed by atoms with van der Waals surface area (Å²) in [5, 5.41) is 0. The van der Waals surface area contributed by atoms with E-state index in [0.717, 1.165) is 5.76 Å². The number of hydrogen-bond donors (Lipinski definition) is 0. The van der Waals surface area contributed by atoms with Crippen molar-refractivity contribution in [1.29, 1.82) is 0 Å². The molecular formula is C10H16O2. The first-order valence-corrected chi connectivity index (χ1v) is 4.19. The van der Waals surface area contributed by atoms with Gasteiger partial charge in [0, 0.05) is 0 Å². The Morgan fingerprint density at radius 3 is 2.00 bits per heavy atom. The molecule has 68 valence electrons. The number of furan rings is 1. The maximum atomic E-state index is 10.8. The van der Waals surface area contributed by atoms with Crippen LogP contribution in [-0.2, 0) is 0 Å². The van der Waals surface area contributed by atoms with Gasteiger partial charge in [-0.1, -0.05) is 13.8 Å². The molecule has 0 spiro atoms. The van der Waals surface area contributed by atoms with Gasteiger partial charge in [-0.25, -0.2) is 0 Å². The second-order valence-corrected chi connectivity index (χ2v) is 2.38. The van der Waals surface area contributed by atoms with Crippen molar-refractivity contribution < 1.29 is 9.21 Å². The summed E-state index contributed by atoms with van der Waals surface area (Å²) in [6.45, 7) is 9.17. The molecule has 1 aromatic rings. The second-order valence-electron chi connectivity index (χ2n) is 2.38. The predicted octanol–water partition coefficient (Wildman–Crippen LogP) is 3.13. The highest BCUT2D eigenvalue weighted by Crippen LogP contribution is 2.13. The first-order chi connectivity index (χ1) is 5.61. The van der Waals surface area contributed by atoms with Crippen LogP contribution in [0.4, 0.5) is 0 Å². The summed E-state index contributed by atoms with van der Waals surface area (Å²) >= 11 is 0. The maximum absolute atomic E-state index is 10.8. The van der Waals surface area contributed by atoms with Gasteiger partial charge in [-0.05, 0) is 26.8 Å². The van der Waals surface area contributed by atoms with E-state index in [2.05, 4.69) is 0 Å². The Morgan fingerprint density at radius 1 is 1.33 bits per heavy atom. The lowest BCUT2D eigenvalue weighted by atomic mass is 10.2. The van der Waals surface area contributed by atoms with Crippen molar-refractivity contribution >= 4 is 5.78 Å². The summed E-state index contributed by atoms with van der Waals surface area (Å²) in [4.78, 5) is 10.8. The Morgan fingerprint density at radius 2 is 1.83 bits per heavy atom. The largest absolute Gasteiger partial charge is 0.466 e. The van der Waals surface area contributed by atoms with E-state index in [1.807, 2.05) is 20.8 Å². The quantitative estimate of drug-likeness (QED) is 0.603. The van der Waals surface area contributed by atoms with Gasteiger partial charge in [-0.15, -0.1) is 0 Å². The number of rotatable bonds is 1. The van der Waals surface area contributed by atoms with Gasteiger partial charge in [0.05, 0.1) is 5.56 Å². The fraction of sp³-hybridized carbons (Fsp3) is 0.500. The molecular weight excluding hydrogens is 152 g/mol. The average molecular weight is 168 g/mol. The van der Waals surface area contributed by atoms with E-state index in [-0.39, 0.29) is 5.78 Å². The lowest BCUT2D eigenvalue weighted by Crippen LogP contribution is -1.89. The Bertz CT molecular complexity index is 259. The Labute approximate surface area is 73.6 Å². The van der Waals surface area contributed by atoms with Gasteiger partial charge in [-0.3, -0.25) is 4.79 Å². The van der Waals surface area contributed by atoms with Crippen molar-refractivity contribution in [1.82, 2.24) is 0 Å². The van der Waals surface area contributed by atoms with Crippen LogP contribution in [0, 0.1) is 13.8 Å². The topological polar surface area (TPSA) is 30.2 Å². The maximum Gasteiger partial charge on any atom is 0.163 e. The highest BCUT2D eigenvalue weighted by atomic mass is 16.3. The van der Waals surface area contributed by atoms with E-state index in [4.69, 9.17) is 4.42 Å². The van der Waals surface area contributed by atoms with E-state index in [0.29, 0.717) is 11.3 Å². The molecule has 0 radical (unpaired) electrons. The third-order valence-electron chi connectivity index (χ3n) is 1.42. The lowest BCUT2D eigenvalue weighted by molar-refractivity contribution is 0.101. The van der Waals surface area contributed by atoms with Gasteiger partial charge < -0.3 is 4.42 Å². The van der Waals surface area contributed by atoms with Crippen LogP contribution in [0.15, 0.2) is 10.5 Å². The monoisotopic (exact) mass is 168 g/mol. The van der Waals surface area contributed by atoms with Gasteiger partial charge in [-0.2, -0.15) is 0 Å². The molecule has 0 aliphatic rings. The van der Waals surface area contributed by atoms with Crippen molar-refractivity contribution in [3.63, 3.8) is 0 Å². The zero-order valence-corrected chi connectivity index (χ0v) is 8.39. The fourth-order valence-electron chi connectivity index (χ4n) is 0.980. The first-order valence-electron chi connectivity index (χ1n) is 4.19. The minimum atomic E-state index is 0.0642. The summed E-state index contributed by atoms with van der Waals surface area (Å²) in [5.74, 6) is 1.57. The van der Waals surface area contributed by atoms with Crippen LogP contribution in [0.2, 0.25) is 0 Å². The summed E-state index contributed by atoms with van der Waals surface area (Å²) in [6, 6.07) is 1.76. The zero-order chi connectivity index (χ0) is 9.72. The Kier molecular flexibility index (Phi) is 4.34. The minimum absolute atomic E-state index is 0.0642. The van der Waals surface area contributed by atoms with Crippen molar-refractivity contribution in [2.75, 3.05) is 0 Å². The fourth-order valence-corrected chi connectivity index (χ4v) is 0.980. The third kappa shape index (κ3) is 2.53. The summed E-state index contributed by atoms with van der Waals surface area (Å²) in [6.07, 6.45) is 0. The van der Waals surface area contributed by atoms with Gasteiger partial charge in [0.2, 0.25) is 0 Å². The summed E-state index contributed by atoms with van der Waals surface area (Å²) < 4.78 is 5.15. The predicted molar refractivity (Wildman–Crippen MR) is 49.5 cm³/mol. The molecule has 0 fully saturated rings. The molecule has 0 amide bonds. The van der Waals surface area contributed by atoms with E-state index in [1.54, 1.807) is 13.0 Å². The molecule has 2 heteroatoms. The average Bonchev–Trinajstić information content (AvgIpc) is 2.34. The van der Waals surface area contributed by atoms with Crippen LogP contribution in [0.5, 0.6) is 0 Å². The first kappa shape index (κ1) is 11.0. The number of carbonyl (C=O) groups is 1. The van der Waals surface area contributed by atoms with Crippen molar-refractivity contribution in [2.45, 2.75) is 34.6 Å². The molecule has 0 atom stereocenters. The highest BCUT2D eigenvalue weighted by molar-refractivity contribution is 5.95. The van der Waals surface area contributed by atoms with Crippen molar-refractivity contribution in [3.8, 4) is 0 Å². The number of Topliss-reactive ketones (excluding diaryl/α,β-unsaturated/α-hetero) is 1. The standard InChI is InChI=1S/C8H10O2.C2H6/c1-5-4-8(6(2)9)7(3)10-5;1-2/h4H,1-3H3;1-2H3. The van der Waals surface area contributed by atoms with Crippen LogP contribution >= 0.6 is 0 Å². The molecule has 0 aromatic carbocycles. The van der Waals surface area contributed by atoms with Crippen LogP contribution in [-0.4, -0.2) is 5.78 Å². The van der Waals surface area contributed by atoms with Crippen molar-refractivity contribution in [3.05, 3.63) is 23.2 Å². The van der Waals surface area contributed by atoms with E-state index < -0.39 is 0 Å². The molecule has 1 aromatic heterocycles. The SMILES string of the molecule is CC.CC(=O)c1cc(C)oc1C. The second kappa shape index (κ2) is 4.75. The lowest BCUT2D eigenvalue weighted by Gasteiger charge is -1.86. The zero-order valence-electron chi connectivity index (χ0n) is 8.39. The highest BCUT2D eigenvalue weighted by Gasteiger charge is 2.07. The minimum Gasteiger partial charge on any atom is -0.466 e. The number of aryl methyl sites for hydroxylation is 2. The molecule has 1 heterocycles. The Balaban J connectivity index is 0.000000561. The van der Waals surface area contributed by atoms with Gasteiger partial charge >= 0.3 is 0 Å². The van der Waals surface area contributed by atoms with Crippen LogP contribution < -0.4 is 0 Å². The summed E-state index contributed by atoms with van der Waals surface area (Å²) in [7, 11) is 0. The van der Waals surface area contributed by atoms with Gasteiger partial charge in [0.15, 0.2) is 5.78 Å². The van der Waals surface area contributed by atoms with E-state index >= 15 is 0 Å². The van der Waals surface area contributed by atoms with E-state index in [1.165, 1.54) is 6.92 Å². The van der Waals surface area contributed by atoms with Crippen LogP contribution in [0.3, 0.4) is 0 Å². The molecule has 2 nitrogen and oxygen atoms in total. The Hall–Kier alpha value is -1.05.